The first kappa shape index (κ1) is 14.6. The highest BCUT2D eigenvalue weighted by Crippen LogP contribution is 2.33. The zero-order valence-electron chi connectivity index (χ0n) is 14.3. The number of hydrogen-bond donors (Lipinski definition) is 0. The maximum Gasteiger partial charge on any atom is 0.146 e. The van der Waals surface area contributed by atoms with Crippen molar-refractivity contribution < 1.29 is 0 Å². The molecule has 1 aromatic carbocycles. The second-order valence-corrected chi connectivity index (χ2v) is 7.17. The van der Waals surface area contributed by atoms with Gasteiger partial charge in [-0.05, 0) is 13.0 Å². The summed E-state index contributed by atoms with van der Waals surface area (Å²) in [5, 5.41) is 11.7. The molecular formula is C20H18N4. The Morgan fingerprint density at radius 2 is 1.79 bits per heavy atom. The summed E-state index contributed by atoms with van der Waals surface area (Å²) in [7, 11) is 0. The lowest BCUT2D eigenvalue weighted by Crippen LogP contribution is -2.15. The Hall–Kier alpha value is -2.93. The molecule has 0 atom stereocenters. The number of pyridine rings is 2. The van der Waals surface area contributed by atoms with Crippen molar-refractivity contribution in [2.45, 2.75) is 33.1 Å². The third kappa shape index (κ3) is 1.85. The molecule has 4 aromatic rings. The lowest BCUT2D eigenvalue weighted by molar-refractivity contribution is 0.573. The summed E-state index contributed by atoms with van der Waals surface area (Å²) in [4.78, 5) is 9.50. The maximum atomic E-state index is 9.72. The SMILES string of the molecule is Cc1c(C#N)c2ccccc2c2nc3ccnc(C(C)(C)C)c3n12. The minimum atomic E-state index is -0.111. The molecular weight excluding hydrogens is 296 g/mol. The van der Waals surface area contributed by atoms with Crippen LogP contribution in [-0.4, -0.2) is 14.4 Å². The van der Waals surface area contributed by atoms with Crippen LogP contribution < -0.4 is 0 Å². The molecule has 3 heterocycles. The summed E-state index contributed by atoms with van der Waals surface area (Å²) in [5.41, 5.74) is 5.29. The molecule has 0 aliphatic carbocycles. The minimum Gasteiger partial charge on any atom is -0.293 e. The third-order valence-electron chi connectivity index (χ3n) is 4.52. The predicted octanol–water partition coefficient (Wildman–Crippen LogP) is 4.51. The Kier molecular flexibility index (Phi) is 2.92. The van der Waals surface area contributed by atoms with Crippen LogP contribution in [0.4, 0.5) is 0 Å². The molecule has 0 fully saturated rings. The van der Waals surface area contributed by atoms with Gasteiger partial charge in [-0.25, -0.2) is 4.98 Å². The summed E-state index contributed by atoms with van der Waals surface area (Å²) >= 11 is 0. The first-order valence-corrected chi connectivity index (χ1v) is 8.02. The van der Waals surface area contributed by atoms with E-state index in [0.29, 0.717) is 5.56 Å². The zero-order chi connectivity index (χ0) is 17.1. The minimum absolute atomic E-state index is 0.111. The van der Waals surface area contributed by atoms with Gasteiger partial charge in [-0.2, -0.15) is 5.26 Å². The third-order valence-corrected chi connectivity index (χ3v) is 4.52. The first-order chi connectivity index (χ1) is 11.4. The van der Waals surface area contributed by atoms with Gasteiger partial charge in [0.2, 0.25) is 0 Å². The Balaban J connectivity index is 2.36. The van der Waals surface area contributed by atoms with Gasteiger partial charge < -0.3 is 0 Å². The van der Waals surface area contributed by atoms with Crippen molar-refractivity contribution >= 4 is 27.5 Å². The van der Waals surface area contributed by atoms with E-state index in [2.05, 4.69) is 36.2 Å². The second kappa shape index (κ2) is 4.78. The molecule has 0 N–H and O–H groups in total. The second-order valence-electron chi connectivity index (χ2n) is 7.17. The van der Waals surface area contributed by atoms with Crippen LogP contribution in [0.25, 0.3) is 27.5 Å². The zero-order valence-corrected chi connectivity index (χ0v) is 14.3. The largest absolute Gasteiger partial charge is 0.293 e. The molecule has 4 rings (SSSR count). The van der Waals surface area contributed by atoms with Crippen molar-refractivity contribution in [3.8, 4) is 6.07 Å². The molecule has 0 aliphatic rings. The molecule has 0 saturated carbocycles. The first-order valence-electron chi connectivity index (χ1n) is 8.02. The lowest BCUT2D eigenvalue weighted by Gasteiger charge is -2.19. The lowest BCUT2D eigenvalue weighted by atomic mass is 9.90. The van der Waals surface area contributed by atoms with E-state index in [4.69, 9.17) is 4.98 Å². The van der Waals surface area contributed by atoms with Crippen LogP contribution in [0.3, 0.4) is 0 Å². The number of aryl methyl sites for hydroxylation is 1. The van der Waals surface area contributed by atoms with Crippen LogP contribution in [0.5, 0.6) is 0 Å². The Labute approximate surface area is 140 Å². The molecule has 4 heteroatoms. The van der Waals surface area contributed by atoms with E-state index in [-0.39, 0.29) is 5.41 Å². The molecule has 0 spiro atoms. The standard InChI is InChI=1S/C20H18N4/c1-12-15(11-21)13-7-5-6-8-14(13)19-23-16-9-10-22-18(20(2,3)4)17(16)24(12)19/h5-10H,1-4H3. The molecule has 0 aliphatic heterocycles. The molecule has 0 bridgehead atoms. The highest BCUT2D eigenvalue weighted by Gasteiger charge is 2.24. The van der Waals surface area contributed by atoms with Crippen molar-refractivity contribution in [2.75, 3.05) is 0 Å². The monoisotopic (exact) mass is 314 g/mol. The summed E-state index contributed by atoms with van der Waals surface area (Å²) < 4.78 is 2.10. The fraction of sp³-hybridized carbons (Fsp3) is 0.250. The van der Waals surface area contributed by atoms with E-state index in [9.17, 15) is 5.26 Å². The average molecular weight is 314 g/mol. The van der Waals surface area contributed by atoms with Crippen molar-refractivity contribution in [3.63, 3.8) is 0 Å². The van der Waals surface area contributed by atoms with Crippen LogP contribution in [0, 0.1) is 18.3 Å². The number of nitriles is 1. The summed E-state index contributed by atoms with van der Waals surface area (Å²) in [5.74, 6) is 0. The van der Waals surface area contributed by atoms with Gasteiger partial charge in [-0.15, -0.1) is 0 Å². The number of aromatic nitrogens is 3. The van der Waals surface area contributed by atoms with Crippen molar-refractivity contribution in [3.05, 3.63) is 53.5 Å². The topological polar surface area (TPSA) is 54.0 Å². The van der Waals surface area contributed by atoms with Gasteiger partial charge in [0.1, 0.15) is 11.7 Å². The summed E-state index contributed by atoms with van der Waals surface area (Å²) in [6, 6.07) is 12.3. The summed E-state index contributed by atoms with van der Waals surface area (Å²) in [6.07, 6.45) is 1.82. The number of imidazole rings is 1. The van der Waals surface area contributed by atoms with Crippen LogP contribution in [0.2, 0.25) is 0 Å². The van der Waals surface area contributed by atoms with Crippen LogP contribution in [0.15, 0.2) is 36.5 Å². The van der Waals surface area contributed by atoms with Crippen molar-refractivity contribution in [1.29, 1.82) is 5.26 Å². The summed E-state index contributed by atoms with van der Waals surface area (Å²) in [6.45, 7) is 8.43. The molecule has 3 aromatic heterocycles. The van der Waals surface area contributed by atoms with Crippen molar-refractivity contribution in [1.82, 2.24) is 14.4 Å². The van der Waals surface area contributed by atoms with E-state index < -0.39 is 0 Å². The highest BCUT2D eigenvalue weighted by atomic mass is 15.0. The van der Waals surface area contributed by atoms with Gasteiger partial charge in [0.05, 0.1) is 22.3 Å². The normalized spacial score (nSPS) is 12.1. The quantitative estimate of drug-likeness (QED) is 0.480. The van der Waals surface area contributed by atoms with Crippen LogP contribution >= 0.6 is 0 Å². The Morgan fingerprint density at radius 3 is 2.46 bits per heavy atom. The van der Waals surface area contributed by atoms with E-state index >= 15 is 0 Å². The number of fused-ring (bicyclic) bond motifs is 5. The Morgan fingerprint density at radius 1 is 1.08 bits per heavy atom. The molecule has 0 radical (unpaired) electrons. The van der Waals surface area contributed by atoms with E-state index in [1.807, 2.05) is 43.5 Å². The molecule has 0 amide bonds. The number of hydrogen-bond acceptors (Lipinski definition) is 3. The predicted molar refractivity (Wildman–Crippen MR) is 96.2 cm³/mol. The number of rotatable bonds is 0. The maximum absolute atomic E-state index is 9.72. The van der Waals surface area contributed by atoms with Gasteiger partial charge in [-0.1, -0.05) is 45.0 Å². The Bertz CT molecular complexity index is 1150. The molecule has 4 nitrogen and oxygen atoms in total. The number of nitrogens with zero attached hydrogens (tertiary/aromatic N) is 4. The molecule has 118 valence electrons. The van der Waals surface area contributed by atoms with Crippen molar-refractivity contribution in [2.24, 2.45) is 0 Å². The highest BCUT2D eigenvalue weighted by molar-refractivity contribution is 6.02. The van der Waals surface area contributed by atoms with Crippen LogP contribution in [0.1, 0.15) is 37.7 Å². The fourth-order valence-electron chi connectivity index (χ4n) is 3.42. The van der Waals surface area contributed by atoms with Gasteiger partial charge in [0.15, 0.2) is 0 Å². The smallest absolute Gasteiger partial charge is 0.146 e. The van der Waals surface area contributed by atoms with Gasteiger partial charge in [0.25, 0.3) is 0 Å². The van der Waals surface area contributed by atoms with Gasteiger partial charge >= 0.3 is 0 Å². The fourth-order valence-corrected chi connectivity index (χ4v) is 3.42. The van der Waals surface area contributed by atoms with Crippen LogP contribution in [-0.2, 0) is 5.41 Å². The van der Waals surface area contributed by atoms with Gasteiger partial charge in [0, 0.05) is 28.1 Å². The van der Waals surface area contributed by atoms with E-state index in [1.54, 1.807) is 0 Å². The molecule has 0 saturated heterocycles. The van der Waals surface area contributed by atoms with E-state index in [0.717, 1.165) is 38.8 Å². The molecule has 0 unspecified atom stereocenters. The van der Waals surface area contributed by atoms with Gasteiger partial charge in [-0.3, -0.25) is 9.38 Å². The van der Waals surface area contributed by atoms with E-state index in [1.165, 1.54) is 0 Å². The number of benzene rings is 1. The average Bonchev–Trinajstić information content (AvgIpc) is 2.94. The molecule has 24 heavy (non-hydrogen) atoms.